The largest absolute Gasteiger partial charge is 0.381 e. The maximum Gasteiger partial charge on any atom is 0.0469 e. The first-order valence-electron chi connectivity index (χ1n) is 8.19. The average molecular weight is 251 g/mol. The minimum absolute atomic E-state index is 0.796. The highest BCUT2D eigenvalue weighted by Gasteiger charge is 2.44. The van der Waals surface area contributed by atoms with Crippen LogP contribution in [0.15, 0.2) is 0 Å². The van der Waals surface area contributed by atoms with Crippen molar-refractivity contribution < 1.29 is 4.74 Å². The van der Waals surface area contributed by atoms with Crippen molar-refractivity contribution in [2.45, 2.75) is 57.9 Å². The predicted molar refractivity (Wildman–Crippen MR) is 74.6 cm³/mol. The van der Waals surface area contributed by atoms with Crippen molar-refractivity contribution in [3.8, 4) is 0 Å². The molecule has 4 atom stereocenters. The minimum Gasteiger partial charge on any atom is -0.381 e. The topological polar surface area (TPSA) is 21.3 Å². The van der Waals surface area contributed by atoms with E-state index in [1.54, 1.807) is 0 Å². The van der Waals surface area contributed by atoms with Crippen molar-refractivity contribution in [1.82, 2.24) is 5.32 Å². The van der Waals surface area contributed by atoms with Crippen molar-refractivity contribution >= 4 is 0 Å². The van der Waals surface area contributed by atoms with Crippen molar-refractivity contribution in [2.75, 3.05) is 19.8 Å². The molecule has 1 N–H and O–H groups in total. The second kappa shape index (κ2) is 5.92. The van der Waals surface area contributed by atoms with E-state index in [9.17, 15) is 0 Å². The Morgan fingerprint density at radius 3 is 2.56 bits per heavy atom. The Kier molecular flexibility index (Phi) is 4.25. The molecule has 0 aromatic carbocycles. The molecule has 2 heteroatoms. The zero-order valence-electron chi connectivity index (χ0n) is 11.9. The molecule has 2 aliphatic carbocycles. The van der Waals surface area contributed by atoms with E-state index in [4.69, 9.17) is 4.74 Å². The molecule has 3 rings (SSSR count). The van der Waals surface area contributed by atoms with Gasteiger partial charge in [0.25, 0.3) is 0 Å². The summed E-state index contributed by atoms with van der Waals surface area (Å²) in [4.78, 5) is 0. The molecule has 2 saturated carbocycles. The van der Waals surface area contributed by atoms with Gasteiger partial charge >= 0.3 is 0 Å². The van der Waals surface area contributed by atoms with E-state index in [1.807, 2.05) is 0 Å². The van der Waals surface area contributed by atoms with Crippen LogP contribution in [0.1, 0.15) is 51.9 Å². The van der Waals surface area contributed by atoms with Crippen LogP contribution >= 0.6 is 0 Å². The van der Waals surface area contributed by atoms with Gasteiger partial charge in [-0.2, -0.15) is 0 Å². The van der Waals surface area contributed by atoms with Gasteiger partial charge in [0.05, 0.1) is 0 Å². The fourth-order valence-corrected chi connectivity index (χ4v) is 4.79. The fourth-order valence-electron chi connectivity index (χ4n) is 4.79. The van der Waals surface area contributed by atoms with E-state index in [-0.39, 0.29) is 0 Å². The van der Waals surface area contributed by atoms with Gasteiger partial charge in [-0.05, 0) is 68.7 Å². The van der Waals surface area contributed by atoms with Gasteiger partial charge in [-0.1, -0.05) is 13.3 Å². The monoisotopic (exact) mass is 251 g/mol. The fraction of sp³-hybridized carbons (Fsp3) is 1.00. The van der Waals surface area contributed by atoms with Crippen molar-refractivity contribution in [3.05, 3.63) is 0 Å². The Labute approximate surface area is 112 Å². The molecule has 2 bridgehead atoms. The molecule has 3 fully saturated rings. The quantitative estimate of drug-likeness (QED) is 0.810. The molecule has 1 aliphatic heterocycles. The number of nitrogens with one attached hydrogen (secondary N) is 1. The molecule has 18 heavy (non-hydrogen) atoms. The van der Waals surface area contributed by atoms with Crippen LogP contribution < -0.4 is 5.32 Å². The van der Waals surface area contributed by atoms with Crippen molar-refractivity contribution in [2.24, 2.45) is 23.7 Å². The second-order valence-corrected chi connectivity index (χ2v) is 6.77. The van der Waals surface area contributed by atoms with Crippen LogP contribution in [0.25, 0.3) is 0 Å². The Morgan fingerprint density at radius 1 is 1.11 bits per heavy atom. The predicted octanol–water partition coefficient (Wildman–Crippen LogP) is 3.22. The molecule has 104 valence electrons. The van der Waals surface area contributed by atoms with Crippen molar-refractivity contribution in [1.29, 1.82) is 0 Å². The highest BCUT2D eigenvalue weighted by atomic mass is 16.5. The van der Waals surface area contributed by atoms with Gasteiger partial charge in [0, 0.05) is 19.3 Å². The lowest BCUT2D eigenvalue weighted by Gasteiger charge is -2.38. The molecule has 3 aliphatic rings. The van der Waals surface area contributed by atoms with Crippen LogP contribution in [-0.2, 0) is 4.74 Å². The Morgan fingerprint density at radius 2 is 1.94 bits per heavy atom. The second-order valence-electron chi connectivity index (χ2n) is 6.77. The van der Waals surface area contributed by atoms with Gasteiger partial charge in [0.2, 0.25) is 0 Å². The van der Waals surface area contributed by atoms with E-state index in [0.29, 0.717) is 0 Å². The van der Waals surface area contributed by atoms with E-state index >= 15 is 0 Å². The summed E-state index contributed by atoms with van der Waals surface area (Å²) in [5, 5.41) is 3.91. The molecule has 0 radical (unpaired) electrons. The van der Waals surface area contributed by atoms with Crippen LogP contribution in [0.2, 0.25) is 0 Å². The first-order chi connectivity index (χ1) is 8.88. The smallest absolute Gasteiger partial charge is 0.0469 e. The standard InChI is InChI=1S/C16H29NO/c1-2-7-17-16(13-5-8-18-9-6-13)15-11-12-3-4-14(15)10-12/h12-17H,2-11H2,1H3. The first-order valence-corrected chi connectivity index (χ1v) is 8.19. The molecule has 1 heterocycles. The third kappa shape index (κ3) is 2.60. The lowest BCUT2D eigenvalue weighted by atomic mass is 9.75. The van der Waals surface area contributed by atoms with Gasteiger partial charge in [0.1, 0.15) is 0 Å². The van der Waals surface area contributed by atoms with Crippen LogP contribution in [-0.4, -0.2) is 25.8 Å². The van der Waals surface area contributed by atoms with Crippen LogP contribution in [0.4, 0.5) is 0 Å². The maximum atomic E-state index is 5.55. The lowest BCUT2D eigenvalue weighted by Crippen LogP contribution is -2.46. The molecule has 4 unspecified atom stereocenters. The molecular weight excluding hydrogens is 222 g/mol. The molecular formula is C16H29NO. The molecule has 0 amide bonds. The number of rotatable bonds is 5. The summed E-state index contributed by atoms with van der Waals surface area (Å²) in [5.41, 5.74) is 0. The van der Waals surface area contributed by atoms with Gasteiger partial charge < -0.3 is 10.1 Å². The molecule has 2 nitrogen and oxygen atoms in total. The number of fused-ring (bicyclic) bond motifs is 2. The van der Waals surface area contributed by atoms with E-state index in [0.717, 1.165) is 42.9 Å². The number of hydrogen-bond donors (Lipinski definition) is 1. The van der Waals surface area contributed by atoms with Crippen LogP contribution in [0.3, 0.4) is 0 Å². The summed E-state index contributed by atoms with van der Waals surface area (Å²) in [6.07, 6.45) is 9.94. The summed E-state index contributed by atoms with van der Waals surface area (Å²) >= 11 is 0. The summed E-state index contributed by atoms with van der Waals surface area (Å²) in [7, 11) is 0. The van der Waals surface area contributed by atoms with E-state index < -0.39 is 0 Å². The third-order valence-corrected chi connectivity index (χ3v) is 5.66. The molecule has 1 saturated heterocycles. The average Bonchev–Trinajstić information content (AvgIpc) is 3.03. The van der Waals surface area contributed by atoms with Gasteiger partial charge in [-0.25, -0.2) is 0 Å². The Hall–Kier alpha value is -0.0800. The first kappa shape index (κ1) is 12.9. The Bertz CT molecular complexity index is 262. The Balaban J connectivity index is 1.64. The van der Waals surface area contributed by atoms with E-state index in [1.165, 1.54) is 51.5 Å². The van der Waals surface area contributed by atoms with Crippen molar-refractivity contribution in [3.63, 3.8) is 0 Å². The minimum atomic E-state index is 0.796. The highest BCUT2D eigenvalue weighted by molar-refractivity contribution is 4.97. The normalized spacial score (nSPS) is 38.2. The highest BCUT2D eigenvalue weighted by Crippen LogP contribution is 2.51. The zero-order chi connectivity index (χ0) is 12.4. The van der Waals surface area contributed by atoms with Gasteiger partial charge in [-0.15, -0.1) is 0 Å². The summed E-state index contributed by atoms with van der Waals surface area (Å²) in [5.74, 6) is 3.99. The molecule has 0 aromatic rings. The molecule has 0 aromatic heterocycles. The van der Waals surface area contributed by atoms with Crippen LogP contribution in [0, 0.1) is 23.7 Å². The maximum absolute atomic E-state index is 5.55. The lowest BCUT2D eigenvalue weighted by molar-refractivity contribution is 0.0383. The summed E-state index contributed by atoms with van der Waals surface area (Å²) in [6.45, 7) is 5.48. The SMILES string of the molecule is CCCNC(C1CCOCC1)C1CC2CCC1C2. The summed E-state index contributed by atoms with van der Waals surface area (Å²) < 4.78 is 5.55. The number of ether oxygens (including phenoxy) is 1. The zero-order valence-corrected chi connectivity index (χ0v) is 11.9. The molecule has 0 spiro atoms. The third-order valence-electron chi connectivity index (χ3n) is 5.66. The number of hydrogen-bond acceptors (Lipinski definition) is 2. The van der Waals surface area contributed by atoms with Gasteiger partial charge in [0.15, 0.2) is 0 Å². The van der Waals surface area contributed by atoms with Gasteiger partial charge in [-0.3, -0.25) is 0 Å². The van der Waals surface area contributed by atoms with E-state index in [2.05, 4.69) is 12.2 Å². The van der Waals surface area contributed by atoms with Crippen LogP contribution in [0.5, 0.6) is 0 Å². The summed E-state index contributed by atoms with van der Waals surface area (Å²) in [6, 6.07) is 0.796.